The number of thiophene rings is 1. The summed E-state index contributed by atoms with van der Waals surface area (Å²) in [6.45, 7) is 0. The lowest BCUT2D eigenvalue weighted by molar-refractivity contribution is 0.307. The maximum Gasteiger partial charge on any atom is 0.237 e. The van der Waals surface area contributed by atoms with E-state index in [1.807, 2.05) is 21.5 Å². The van der Waals surface area contributed by atoms with Gasteiger partial charge in [0.2, 0.25) is 16.9 Å². The average Bonchev–Trinajstić information content (AvgIpc) is 3.33. The van der Waals surface area contributed by atoms with E-state index in [4.69, 9.17) is 4.52 Å². The van der Waals surface area contributed by atoms with E-state index in [0.29, 0.717) is 23.5 Å². The van der Waals surface area contributed by atoms with E-state index >= 15 is 0 Å². The largest absolute Gasteiger partial charge is 0.338 e. The van der Waals surface area contributed by atoms with Gasteiger partial charge in [0, 0.05) is 10.9 Å². The van der Waals surface area contributed by atoms with Crippen LogP contribution in [-0.2, 0) is 5.75 Å². The Kier molecular flexibility index (Phi) is 4.38. The van der Waals surface area contributed by atoms with Gasteiger partial charge in [0.05, 0.1) is 11.8 Å². The van der Waals surface area contributed by atoms with Gasteiger partial charge in [-0.05, 0) is 34.7 Å². The predicted molar refractivity (Wildman–Crippen MR) is 87.1 cm³/mol. The molecule has 0 bridgehead atoms. The van der Waals surface area contributed by atoms with Crippen molar-refractivity contribution in [3.63, 3.8) is 0 Å². The van der Waals surface area contributed by atoms with Crippen LogP contribution >= 0.6 is 23.1 Å². The highest BCUT2D eigenvalue weighted by molar-refractivity contribution is 7.98. The molecule has 0 spiro atoms. The molecule has 0 N–H and O–H groups in total. The molecular formula is C14H16N6OS2. The molecule has 3 heterocycles. The van der Waals surface area contributed by atoms with Gasteiger partial charge in [-0.25, -0.2) is 4.68 Å². The Labute approximate surface area is 141 Å². The van der Waals surface area contributed by atoms with Crippen molar-refractivity contribution in [2.45, 2.75) is 49.1 Å². The van der Waals surface area contributed by atoms with Gasteiger partial charge in [0.25, 0.3) is 0 Å². The molecule has 9 heteroatoms. The standard InChI is InChI=1S/C14H16N6OS2/c1-2-4-11(5-3-1)20-14(16-18-19-20)23-9-12-15-13(17-21-12)10-6-7-22-8-10/h6-8,11H,1-5,9H2. The highest BCUT2D eigenvalue weighted by Gasteiger charge is 2.21. The number of hydrogen-bond acceptors (Lipinski definition) is 8. The molecule has 1 aliphatic carbocycles. The Bertz CT molecular complexity index is 747. The Balaban J connectivity index is 1.42. The molecule has 3 aromatic heterocycles. The molecule has 1 fully saturated rings. The second-order valence-corrected chi connectivity index (χ2v) is 7.23. The zero-order valence-corrected chi connectivity index (χ0v) is 14.1. The summed E-state index contributed by atoms with van der Waals surface area (Å²) in [5.41, 5.74) is 0.988. The van der Waals surface area contributed by atoms with Crippen LogP contribution in [0.3, 0.4) is 0 Å². The van der Waals surface area contributed by atoms with Crippen molar-refractivity contribution in [1.82, 2.24) is 30.3 Å². The zero-order valence-electron chi connectivity index (χ0n) is 12.5. The fraction of sp³-hybridized carbons (Fsp3) is 0.500. The highest BCUT2D eigenvalue weighted by atomic mass is 32.2. The van der Waals surface area contributed by atoms with Crippen LogP contribution in [0.4, 0.5) is 0 Å². The quantitative estimate of drug-likeness (QED) is 0.652. The Morgan fingerprint density at radius 3 is 3.04 bits per heavy atom. The molecule has 0 aromatic carbocycles. The number of rotatable bonds is 5. The van der Waals surface area contributed by atoms with Crippen LogP contribution in [-0.4, -0.2) is 30.3 Å². The first-order chi connectivity index (χ1) is 11.4. The molecule has 0 unspecified atom stereocenters. The summed E-state index contributed by atoms with van der Waals surface area (Å²) in [6, 6.07) is 2.40. The van der Waals surface area contributed by atoms with Gasteiger partial charge in [-0.3, -0.25) is 0 Å². The Morgan fingerprint density at radius 1 is 1.30 bits per heavy atom. The molecule has 23 heavy (non-hydrogen) atoms. The molecule has 0 amide bonds. The van der Waals surface area contributed by atoms with E-state index in [-0.39, 0.29) is 0 Å². The first-order valence-electron chi connectivity index (χ1n) is 7.66. The summed E-state index contributed by atoms with van der Waals surface area (Å²) in [5.74, 6) is 1.80. The highest BCUT2D eigenvalue weighted by Crippen LogP contribution is 2.31. The predicted octanol–water partition coefficient (Wildman–Crippen LogP) is 3.58. The van der Waals surface area contributed by atoms with Crippen molar-refractivity contribution in [1.29, 1.82) is 0 Å². The minimum Gasteiger partial charge on any atom is -0.338 e. The first kappa shape index (κ1) is 14.8. The van der Waals surface area contributed by atoms with E-state index in [1.54, 1.807) is 23.1 Å². The van der Waals surface area contributed by atoms with Crippen molar-refractivity contribution in [3.8, 4) is 11.4 Å². The lowest BCUT2D eigenvalue weighted by Crippen LogP contribution is -2.15. The van der Waals surface area contributed by atoms with Gasteiger partial charge in [-0.2, -0.15) is 16.3 Å². The van der Waals surface area contributed by atoms with Crippen LogP contribution in [0, 0.1) is 0 Å². The minimum atomic E-state index is 0.422. The van der Waals surface area contributed by atoms with Gasteiger partial charge in [-0.1, -0.05) is 36.2 Å². The molecule has 4 rings (SSSR count). The monoisotopic (exact) mass is 348 g/mol. The first-order valence-corrected chi connectivity index (χ1v) is 9.59. The van der Waals surface area contributed by atoms with E-state index in [9.17, 15) is 0 Å². The lowest BCUT2D eigenvalue weighted by Gasteiger charge is -2.21. The topological polar surface area (TPSA) is 82.5 Å². The minimum absolute atomic E-state index is 0.422. The van der Waals surface area contributed by atoms with Gasteiger partial charge in [0.1, 0.15) is 0 Å². The average molecular weight is 348 g/mol. The molecule has 3 aromatic rings. The third kappa shape index (κ3) is 3.30. The fourth-order valence-corrected chi connectivity index (χ4v) is 4.20. The maximum atomic E-state index is 5.32. The lowest BCUT2D eigenvalue weighted by atomic mass is 9.96. The summed E-state index contributed by atoms with van der Waals surface area (Å²) in [7, 11) is 0. The zero-order chi connectivity index (χ0) is 15.5. The summed E-state index contributed by atoms with van der Waals surface area (Å²) >= 11 is 3.16. The third-order valence-corrected chi connectivity index (χ3v) is 5.56. The van der Waals surface area contributed by atoms with Crippen molar-refractivity contribution in [2.75, 3.05) is 0 Å². The number of aromatic nitrogens is 6. The Hall–Kier alpha value is -1.74. The maximum absolute atomic E-state index is 5.32. The van der Waals surface area contributed by atoms with E-state index in [1.165, 1.54) is 19.3 Å². The molecular weight excluding hydrogens is 332 g/mol. The molecule has 120 valence electrons. The second kappa shape index (κ2) is 6.79. The van der Waals surface area contributed by atoms with Crippen molar-refractivity contribution >= 4 is 23.1 Å². The van der Waals surface area contributed by atoms with E-state index in [0.717, 1.165) is 23.6 Å². The van der Waals surface area contributed by atoms with E-state index in [2.05, 4.69) is 25.7 Å². The van der Waals surface area contributed by atoms with Crippen LogP contribution in [0.1, 0.15) is 44.0 Å². The van der Waals surface area contributed by atoms with Gasteiger partial charge in [-0.15, -0.1) is 5.10 Å². The normalized spacial score (nSPS) is 16.0. The van der Waals surface area contributed by atoms with Gasteiger partial charge >= 0.3 is 0 Å². The molecule has 0 saturated heterocycles. The van der Waals surface area contributed by atoms with Crippen molar-refractivity contribution in [2.24, 2.45) is 0 Å². The fourth-order valence-electron chi connectivity index (χ4n) is 2.78. The number of tetrazole rings is 1. The van der Waals surface area contributed by atoms with Crippen molar-refractivity contribution < 1.29 is 4.52 Å². The molecule has 1 saturated carbocycles. The number of nitrogens with zero attached hydrogens (tertiary/aromatic N) is 6. The molecule has 7 nitrogen and oxygen atoms in total. The summed E-state index contributed by atoms with van der Waals surface area (Å²) in [5, 5.41) is 21.0. The molecule has 0 atom stereocenters. The van der Waals surface area contributed by atoms with Gasteiger partial charge < -0.3 is 4.52 Å². The molecule has 0 radical (unpaired) electrons. The van der Waals surface area contributed by atoms with Crippen LogP contribution in [0.25, 0.3) is 11.4 Å². The SMILES string of the molecule is c1cc(-c2noc(CSc3nnnn3C3CCCCC3)n2)cs1. The van der Waals surface area contributed by atoms with E-state index < -0.39 is 0 Å². The number of thioether (sulfide) groups is 1. The summed E-state index contributed by atoms with van der Waals surface area (Å²) in [6.07, 6.45) is 6.13. The van der Waals surface area contributed by atoms with Crippen LogP contribution in [0.2, 0.25) is 0 Å². The molecule has 1 aliphatic rings. The van der Waals surface area contributed by atoms with Crippen LogP contribution in [0.5, 0.6) is 0 Å². The van der Waals surface area contributed by atoms with Crippen LogP contribution in [0.15, 0.2) is 26.5 Å². The third-order valence-electron chi connectivity index (χ3n) is 3.96. The van der Waals surface area contributed by atoms with Crippen molar-refractivity contribution in [3.05, 3.63) is 22.7 Å². The summed E-state index contributed by atoms with van der Waals surface area (Å²) in [4.78, 5) is 4.42. The second-order valence-electron chi connectivity index (χ2n) is 5.51. The van der Waals surface area contributed by atoms with Gasteiger partial charge in [0.15, 0.2) is 0 Å². The molecule has 0 aliphatic heterocycles. The van der Waals surface area contributed by atoms with Crippen LogP contribution < -0.4 is 0 Å². The Morgan fingerprint density at radius 2 is 2.22 bits per heavy atom. The number of hydrogen-bond donors (Lipinski definition) is 0. The smallest absolute Gasteiger partial charge is 0.237 e. The summed E-state index contributed by atoms with van der Waals surface area (Å²) < 4.78 is 7.28.